The number of carbonyl (C=O) groups is 2. The fraction of sp³-hybridized carbons (Fsp3) is 0.500. The summed E-state index contributed by atoms with van der Waals surface area (Å²) < 4.78 is 5.24. The van der Waals surface area contributed by atoms with Gasteiger partial charge < -0.3 is 10.5 Å². The first-order chi connectivity index (χ1) is 7.58. The molecule has 1 aliphatic rings. The lowest BCUT2D eigenvalue weighted by Gasteiger charge is -2.29. The summed E-state index contributed by atoms with van der Waals surface area (Å²) >= 11 is 1.95. The van der Waals surface area contributed by atoms with Crippen LogP contribution in [0.2, 0.25) is 0 Å². The second-order valence-electron chi connectivity index (χ2n) is 3.54. The number of ether oxygens (including phenoxy) is 1. The van der Waals surface area contributed by atoms with Crippen molar-refractivity contribution in [1.82, 2.24) is 0 Å². The fourth-order valence-electron chi connectivity index (χ4n) is 1.37. The van der Waals surface area contributed by atoms with Crippen LogP contribution in [0.15, 0.2) is 14.3 Å². The maximum Gasteiger partial charge on any atom is 0.308 e. The number of carbonyl (C=O) groups excluding carboxylic acids is 2. The van der Waals surface area contributed by atoms with Crippen molar-refractivity contribution in [3.63, 3.8) is 0 Å². The van der Waals surface area contributed by atoms with Gasteiger partial charge in [-0.05, 0) is 35.4 Å². The van der Waals surface area contributed by atoms with Gasteiger partial charge in [-0.2, -0.15) is 0 Å². The van der Waals surface area contributed by atoms with Crippen LogP contribution in [0.25, 0.3) is 0 Å². The maximum absolute atomic E-state index is 11.1. The van der Waals surface area contributed by atoms with Crippen LogP contribution in [0.3, 0.4) is 0 Å². The topological polar surface area (TPSA) is 81.8 Å². The van der Waals surface area contributed by atoms with Crippen LogP contribution in [0.1, 0.15) is 12.8 Å². The molecule has 0 aromatic carbocycles. The van der Waals surface area contributed by atoms with Crippen LogP contribution in [-0.2, 0) is 14.3 Å². The molecule has 1 aliphatic carbocycles. The lowest BCUT2D eigenvalue weighted by Crippen LogP contribution is -2.34. The van der Waals surface area contributed by atoms with Crippen LogP contribution in [-0.4, -0.2) is 31.6 Å². The summed E-state index contributed by atoms with van der Waals surface area (Å²) in [5.74, 6) is -0.207. The highest BCUT2D eigenvalue weighted by Crippen LogP contribution is 2.31. The zero-order chi connectivity index (χ0) is 12.1. The van der Waals surface area contributed by atoms with Crippen LogP contribution in [0.4, 0.5) is 0 Å². The first kappa shape index (κ1) is 13.1. The van der Waals surface area contributed by atoms with E-state index in [1.165, 1.54) is 7.11 Å². The molecular formula is C10H13IN2O3. The zero-order valence-corrected chi connectivity index (χ0v) is 11.0. The summed E-state index contributed by atoms with van der Waals surface area (Å²) in [5, 5.41) is 0. The number of esters is 1. The minimum Gasteiger partial charge on any atom is -0.469 e. The highest BCUT2D eigenvalue weighted by Gasteiger charge is 2.34. The van der Waals surface area contributed by atoms with E-state index in [1.807, 2.05) is 22.6 Å². The maximum atomic E-state index is 11.1. The van der Waals surface area contributed by atoms with Gasteiger partial charge in [0.15, 0.2) is 6.29 Å². The minimum absolute atomic E-state index is 0.0304. The molecule has 0 amide bonds. The Bertz CT molecular complexity index is 346. The summed E-state index contributed by atoms with van der Waals surface area (Å²) in [4.78, 5) is 25.7. The van der Waals surface area contributed by atoms with Crippen molar-refractivity contribution in [3.05, 3.63) is 9.28 Å². The summed E-state index contributed by atoms with van der Waals surface area (Å²) in [5.41, 5.74) is 5.57. The van der Waals surface area contributed by atoms with Crippen LogP contribution in [0, 0.1) is 5.92 Å². The van der Waals surface area contributed by atoms with E-state index in [-0.39, 0.29) is 23.6 Å². The molecule has 1 saturated carbocycles. The van der Waals surface area contributed by atoms with E-state index in [9.17, 15) is 9.59 Å². The molecule has 0 spiro atoms. The lowest BCUT2D eigenvalue weighted by molar-refractivity contribution is -0.148. The molecule has 0 radical (unpaired) electrons. The van der Waals surface area contributed by atoms with E-state index >= 15 is 0 Å². The smallest absolute Gasteiger partial charge is 0.308 e. The van der Waals surface area contributed by atoms with Gasteiger partial charge in [-0.3, -0.25) is 14.6 Å². The minimum atomic E-state index is -0.177. The van der Waals surface area contributed by atoms with Gasteiger partial charge >= 0.3 is 5.97 Å². The molecule has 0 aromatic heterocycles. The van der Waals surface area contributed by atoms with Gasteiger partial charge in [-0.15, -0.1) is 0 Å². The SMILES string of the molecule is COC(=O)C1CC(N=CC(I)=C(N)C=O)C1. The average Bonchev–Trinajstić information content (AvgIpc) is 2.24. The second-order valence-corrected chi connectivity index (χ2v) is 4.71. The molecule has 0 aliphatic heterocycles. The average molecular weight is 336 g/mol. The zero-order valence-electron chi connectivity index (χ0n) is 8.85. The first-order valence-corrected chi connectivity index (χ1v) is 5.87. The van der Waals surface area contributed by atoms with E-state index in [1.54, 1.807) is 6.21 Å². The Kier molecular flexibility index (Phi) is 4.91. The number of nitrogens with two attached hydrogens (primary N) is 1. The van der Waals surface area contributed by atoms with E-state index in [0.29, 0.717) is 22.7 Å². The van der Waals surface area contributed by atoms with Gasteiger partial charge in [0.25, 0.3) is 0 Å². The quantitative estimate of drug-likeness (QED) is 0.271. The Morgan fingerprint density at radius 1 is 1.56 bits per heavy atom. The fourth-order valence-corrected chi connectivity index (χ4v) is 1.66. The van der Waals surface area contributed by atoms with Gasteiger partial charge in [0, 0.05) is 6.21 Å². The molecular weight excluding hydrogens is 323 g/mol. The summed E-state index contributed by atoms with van der Waals surface area (Å²) in [6, 6.07) is 0.133. The van der Waals surface area contributed by atoms with Gasteiger partial charge in [0.05, 0.1) is 28.3 Å². The van der Waals surface area contributed by atoms with Gasteiger partial charge in [0.1, 0.15) is 0 Å². The number of hydrogen-bond acceptors (Lipinski definition) is 5. The van der Waals surface area contributed by atoms with Crippen molar-refractivity contribution < 1.29 is 14.3 Å². The lowest BCUT2D eigenvalue weighted by atomic mass is 9.81. The third-order valence-electron chi connectivity index (χ3n) is 2.45. The van der Waals surface area contributed by atoms with Crippen LogP contribution >= 0.6 is 22.6 Å². The summed E-state index contributed by atoms with van der Waals surface area (Å²) in [6.07, 6.45) is 3.57. The molecule has 1 rings (SSSR count). The van der Waals surface area contributed by atoms with E-state index < -0.39 is 0 Å². The molecule has 16 heavy (non-hydrogen) atoms. The van der Waals surface area contributed by atoms with Crippen LogP contribution < -0.4 is 5.73 Å². The number of aliphatic imine (C=N–C) groups is 1. The highest BCUT2D eigenvalue weighted by molar-refractivity contribution is 14.1. The van der Waals surface area contributed by atoms with Crippen molar-refractivity contribution in [2.24, 2.45) is 16.6 Å². The Labute approximate surface area is 107 Å². The van der Waals surface area contributed by atoms with E-state index in [0.717, 1.165) is 0 Å². The molecule has 88 valence electrons. The first-order valence-electron chi connectivity index (χ1n) is 4.80. The molecule has 0 aromatic rings. The third-order valence-corrected chi connectivity index (χ3v) is 3.35. The second kappa shape index (κ2) is 5.97. The molecule has 0 heterocycles. The van der Waals surface area contributed by atoms with Crippen molar-refractivity contribution in [1.29, 1.82) is 0 Å². The van der Waals surface area contributed by atoms with Gasteiger partial charge in [-0.25, -0.2) is 0 Å². The highest BCUT2D eigenvalue weighted by atomic mass is 127. The molecule has 0 unspecified atom stereocenters. The predicted octanol–water partition coefficient (Wildman–Crippen LogP) is 0.813. The Morgan fingerprint density at radius 2 is 2.19 bits per heavy atom. The van der Waals surface area contributed by atoms with Crippen molar-refractivity contribution in [2.45, 2.75) is 18.9 Å². The number of halogens is 1. The molecule has 1 fully saturated rings. The monoisotopic (exact) mass is 336 g/mol. The standard InChI is InChI=1S/C10H13IN2O3/c1-16-10(15)6-2-7(3-6)13-4-8(11)9(12)5-14/h4-7H,2-3,12H2,1H3. The molecule has 5 nitrogen and oxygen atoms in total. The third kappa shape index (κ3) is 3.29. The Hall–Kier alpha value is -0.920. The Morgan fingerprint density at radius 3 is 2.69 bits per heavy atom. The van der Waals surface area contributed by atoms with Crippen molar-refractivity contribution >= 4 is 41.1 Å². The number of rotatable bonds is 4. The van der Waals surface area contributed by atoms with Gasteiger partial charge in [0.2, 0.25) is 0 Å². The molecule has 2 N–H and O–H groups in total. The normalized spacial score (nSPS) is 25.9. The number of allylic oxidation sites excluding steroid dienone is 2. The predicted molar refractivity (Wildman–Crippen MR) is 68.3 cm³/mol. The van der Waals surface area contributed by atoms with E-state index in [4.69, 9.17) is 5.73 Å². The van der Waals surface area contributed by atoms with E-state index in [2.05, 4.69) is 9.73 Å². The van der Waals surface area contributed by atoms with Crippen molar-refractivity contribution in [3.8, 4) is 0 Å². The molecule has 0 atom stereocenters. The molecule has 6 heteroatoms. The Balaban J connectivity index is 2.40. The molecule has 0 saturated heterocycles. The largest absolute Gasteiger partial charge is 0.469 e. The van der Waals surface area contributed by atoms with Crippen LogP contribution in [0.5, 0.6) is 0 Å². The number of nitrogens with zero attached hydrogens (tertiary/aromatic N) is 1. The number of aldehydes is 1. The van der Waals surface area contributed by atoms with Gasteiger partial charge in [-0.1, -0.05) is 0 Å². The number of methoxy groups -OCH3 is 1. The molecule has 0 bridgehead atoms. The summed E-state index contributed by atoms with van der Waals surface area (Å²) in [6.45, 7) is 0. The number of hydrogen-bond donors (Lipinski definition) is 1. The summed E-state index contributed by atoms with van der Waals surface area (Å²) in [7, 11) is 1.38. The van der Waals surface area contributed by atoms with Crippen molar-refractivity contribution in [2.75, 3.05) is 7.11 Å².